The summed E-state index contributed by atoms with van der Waals surface area (Å²) in [6.45, 7) is 0. The number of allylic oxidation sites excluding steroid dienone is 1. The summed E-state index contributed by atoms with van der Waals surface area (Å²) in [7, 11) is 2.35. The Kier molecular flexibility index (Phi) is 5.77. The van der Waals surface area contributed by atoms with Crippen molar-refractivity contribution in [3.05, 3.63) is 82.1 Å². The number of aromatic nitrogens is 1. The predicted octanol–water partition coefficient (Wildman–Crippen LogP) is 3.38. The molecule has 0 aliphatic carbocycles. The number of fused-ring (bicyclic) bond motifs is 1. The molecule has 1 aliphatic rings. The van der Waals surface area contributed by atoms with E-state index in [1.165, 1.54) is 37.6 Å². The molecule has 0 saturated heterocycles. The maximum Gasteiger partial charge on any atom is 0.355 e. The fourth-order valence-electron chi connectivity index (χ4n) is 3.80. The van der Waals surface area contributed by atoms with Crippen LogP contribution in [0.25, 0.3) is 11.1 Å². The second kappa shape index (κ2) is 8.68. The Morgan fingerprint density at radius 3 is 2.52 bits per heavy atom. The molecule has 0 bridgehead atoms. The van der Waals surface area contributed by atoms with Crippen molar-refractivity contribution in [3.8, 4) is 6.07 Å². The minimum Gasteiger partial charge on any atom is -0.466 e. The van der Waals surface area contributed by atoms with E-state index in [9.17, 15) is 14.9 Å². The van der Waals surface area contributed by atoms with Gasteiger partial charge in [0.05, 0.1) is 48.1 Å². The highest BCUT2D eigenvalue weighted by atomic mass is 35.5. The van der Waals surface area contributed by atoms with Gasteiger partial charge in [0, 0.05) is 6.07 Å². The van der Waals surface area contributed by atoms with Crippen molar-refractivity contribution < 1.29 is 23.5 Å². The minimum atomic E-state index is -0.971. The summed E-state index contributed by atoms with van der Waals surface area (Å²) in [4.78, 5) is 31.3. The van der Waals surface area contributed by atoms with E-state index in [0.29, 0.717) is 16.7 Å². The first-order valence-electron chi connectivity index (χ1n) is 9.61. The quantitative estimate of drug-likeness (QED) is 0.577. The van der Waals surface area contributed by atoms with Gasteiger partial charge in [-0.2, -0.15) is 5.26 Å². The average molecular weight is 465 g/mol. The zero-order chi connectivity index (χ0) is 23.7. The third kappa shape index (κ3) is 3.56. The average Bonchev–Trinajstić information content (AvgIpc) is 3.29. The molecule has 1 aromatic heterocycles. The van der Waals surface area contributed by atoms with Crippen LogP contribution >= 0.6 is 11.6 Å². The molecule has 4 rings (SSSR count). The molecule has 166 valence electrons. The number of rotatable bonds is 4. The highest BCUT2D eigenvalue weighted by molar-refractivity contribution is 6.34. The maximum atomic E-state index is 13.1. The Labute approximate surface area is 193 Å². The third-order valence-electron chi connectivity index (χ3n) is 5.25. The molecule has 0 fully saturated rings. The molecule has 9 nitrogen and oxygen atoms in total. The summed E-state index contributed by atoms with van der Waals surface area (Å²) in [6, 6.07) is 13.8. The van der Waals surface area contributed by atoms with Gasteiger partial charge in [-0.15, -0.1) is 0 Å². The fraction of sp³-hybridized carbons (Fsp3) is 0.130. The molecule has 10 heteroatoms. The van der Waals surface area contributed by atoms with Gasteiger partial charge in [0.2, 0.25) is 0 Å². The number of hydrogen-bond acceptors (Lipinski definition) is 9. The van der Waals surface area contributed by atoms with Crippen LogP contribution in [0.4, 0.5) is 5.69 Å². The van der Waals surface area contributed by atoms with Crippen molar-refractivity contribution in [2.45, 2.75) is 5.92 Å². The number of carbonyl (C=O) groups is 2. The molecule has 1 unspecified atom stereocenters. The van der Waals surface area contributed by atoms with Crippen LogP contribution in [0.5, 0.6) is 0 Å². The van der Waals surface area contributed by atoms with Gasteiger partial charge in [0.25, 0.3) is 0 Å². The lowest BCUT2D eigenvalue weighted by atomic mass is 9.81. The summed E-state index contributed by atoms with van der Waals surface area (Å²) >= 11 is 6.50. The highest BCUT2D eigenvalue weighted by Crippen LogP contribution is 2.45. The zero-order valence-corrected chi connectivity index (χ0v) is 18.3. The summed E-state index contributed by atoms with van der Waals surface area (Å²) in [5.41, 5.74) is 7.73. The van der Waals surface area contributed by atoms with Crippen molar-refractivity contribution in [3.63, 3.8) is 0 Å². The molecule has 0 spiro atoms. The summed E-state index contributed by atoms with van der Waals surface area (Å²) in [6.07, 6.45) is 1.24. The van der Waals surface area contributed by atoms with Gasteiger partial charge in [-0.25, -0.2) is 14.6 Å². The molecule has 0 radical (unpaired) electrons. The second-order valence-electron chi connectivity index (χ2n) is 6.96. The van der Waals surface area contributed by atoms with Crippen molar-refractivity contribution in [2.24, 2.45) is 5.73 Å². The van der Waals surface area contributed by atoms with Gasteiger partial charge in [-0.3, -0.25) is 4.90 Å². The Hall–Kier alpha value is -4.29. The van der Waals surface area contributed by atoms with E-state index >= 15 is 0 Å². The van der Waals surface area contributed by atoms with Gasteiger partial charge < -0.3 is 19.6 Å². The molecule has 2 aromatic carbocycles. The number of nitrogens with zero attached hydrogens (tertiary/aromatic N) is 3. The number of nitrogens with two attached hydrogens (primary N) is 1. The van der Waals surface area contributed by atoms with Gasteiger partial charge in [0.15, 0.2) is 12.0 Å². The molecule has 3 aromatic rings. The lowest BCUT2D eigenvalue weighted by Crippen LogP contribution is -2.40. The SMILES string of the molecule is COC(=O)C1=C(C(=O)OC)N(c2cc3ocnc3cc2Cl)C(N)=C(C#N)C1c1ccccc1. The fourth-order valence-corrected chi connectivity index (χ4v) is 4.04. The zero-order valence-electron chi connectivity index (χ0n) is 17.5. The summed E-state index contributed by atoms with van der Waals surface area (Å²) in [5.74, 6) is -2.77. The lowest BCUT2D eigenvalue weighted by Gasteiger charge is -2.36. The molecule has 2 heterocycles. The van der Waals surface area contributed by atoms with Crippen LogP contribution in [0.3, 0.4) is 0 Å². The topological polar surface area (TPSA) is 132 Å². The maximum absolute atomic E-state index is 13.1. The highest BCUT2D eigenvalue weighted by Gasteiger charge is 2.43. The predicted molar refractivity (Wildman–Crippen MR) is 119 cm³/mol. The van der Waals surface area contributed by atoms with Crippen molar-refractivity contribution in [1.82, 2.24) is 4.98 Å². The van der Waals surface area contributed by atoms with E-state index in [4.69, 9.17) is 31.2 Å². The van der Waals surface area contributed by atoms with Gasteiger partial charge in [0.1, 0.15) is 17.0 Å². The number of anilines is 1. The number of hydrogen-bond donors (Lipinski definition) is 1. The Morgan fingerprint density at radius 1 is 1.18 bits per heavy atom. The number of nitriles is 1. The van der Waals surface area contributed by atoms with E-state index < -0.39 is 17.9 Å². The van der Waals surface area contributed by atoms with E-state index in [0.717, 1.165) is 0 Å². The normalized spacial score (nSPS) is 16.1. The molecule has 1 aliphatic heterocycles. The van der Waals surface area contributed by atoms with Crippen LogP contribution < -0.4 is 10.6 Å². The summed E-state index contributed by atoms with van der Waals surface area (Å²) < 4.78 is 15.4. The van der Waals surface area contributed by atoms with E-state index in [-0.39, 0.29) is 33.4 Å². The van der Waals surface area contributed by atoms with Gasteiger partial charge in [-0.1, -0.05) is 41.9 Å². The van der Waals surface area contributed by atoms with Crippen LogP contribution in [-0.4, -0.2) is 31.1 Å². The molecule has 2 N–H and O–H groups in total. The van der Waals surface area contributed by atoms with Crippen molar-refractivity contribution in [1.29, 1.82) is 5.26 Å². The van der Waals surface area contributed by atoms with Gasteiger partial charge >= 0.3 is 11.9 Å². The van der Waals surface area contributed by atoms with E-state index in [1.807, 2.05) is 0 Å². The summed E-state index contributed by atoms with van der Waals surface area (Å²) in [5, 5.41) is 10.2. The Bertz CT molecular complexity index is 1370. The minimum absolute atomic E-state index is 0.0305. The number of oxazole rings is 1. The largest absolute Gasteiger partial charge is 0.466 e. The number of halogens is 1. The molecule has 33 heavy (non-hydrogen) atoms. The second-order valence-corrected chi connectivity index (χ2v) is 7.37. The number of carbonyl (C=O) groups excluding carboxylic acids is 2. The molecule has 0 amide bonds. The van der Waals surface area contributed by atoms with E-state index in [2.05, 4.69) is 11.1 Å². The van der Waals surface area contributed by atoms with Crippen LogP contribution in [0, 0.1) is 11.3 Å². The van der Waals surface area contributed by atoms with E-state index in [1.54, 1.807) is 30.3 Å². The number of benzene rings is 2. The standard InChI is InChI=1S/C23H17ClN4O5/c1-31-22(29)19-18(12-6-4-3-5-7-12)13(10-25)21(26)28(20(19)23(30)32-2)16-9-17-15(8-14(16)24)27-11-33-17/h3-9,11,18H,26H2,1-2H3. The van der Waals surface area contributed by atoms with Gasteiger partial charge in [-0.05, 0) is 11.6 Å². The third-order valence-corrected chi connectivity index (χ3v) is 5.55. The van der Waals surface area contributed by atoms with Crippen LogP contribution in [-0.2, 0) is 19.1 Å². The number of esters is 2. The lowest BCUT2D eigenvalue weighted by molar-refractivity contribution is -0.139. The molecular weight excluding hydrogens is 448 g/mol. The van der Waals surface area contributed by atoms with Crippen LogP contribution in [0.1, 0.15) is 11.5 Å². The van der Waals surface area contributed by atoms with Crippen LogP contribution in [0.15, 0.2) is 75.9 Å². The first-order chi connectivity index (χ1) is 15.9. The Balaban J connectivity index is 2.10. The van der Waals surface area contributed by atoms with Crippen molar-refractivity contribution >= 4 is 40.3 Å². The monoisotopic (exact) mass is 464 g/mol. The smallest absolute Gasteiger partial charge is 0.355 e. The molecule has 1 atom stereocenters. The Morgan fingerprint density at radius 2 is 1.88 bits per heavy atom. The number of methoxy groups -OCH3 is 2. The van der Waals surface area contributed by atoms with Crippen LogP contribution in [0.2, 0.25) is 5.02 Å². The molecular formula is C23H17ClN4O5. The molecule has 0 saturated carbocycles. The first-order valence-corrected chi connectivity index (χ1v) is 9.99. The first kappa shape index (κ1) is 21.9. The number of ether oxygens (including phenoxy) is 2. The van der Waals surface area contributed by atoms with Crippen molar-refractivity contribution in [2.75, 3.05) is 19.1 Å².